The van der Waals surface area contributed by atoms with Crippen LogP contribution in [0.25, 0.3) is 11.0 Å². The van der Waals surface area contributed by atoms with Crippen LogP contribution in [0.1, 0.15) is 16.7 Å². The number of aryl methyl sites for hydroxylation is 1. The van der Waals surface area contributed by atoms with Crippen molar-refractivity contribution < 1.29 is 18.7 Å². The smallest absolute Gasteiger partial charge is 0.261 e. The number of ether oxygens (including phenoxy) is 1. The first-order chi connectivity index (χ1) is 18.4. The second-order valence-electron chi connectivity index (χ2n) is 8.99. The first kappa shape index (κ1) is 26.4. The molecule has 194 valence electrons. The fraction of sp³-hybridized carbons (Fsp3) is 0.194. The third-order valence-electron chi connectivity index (χ3n) is 6.06. The molecule has 0 unspecified atom stereocenters. The Morgan fingerprint density at radius 1 is 0.921 bits per heavy atom. The normalized spacial score (nSPS) is 10.7. The number of nitrogens with zero attached hydrogens (tertiary/aromatic N) is 2. The number of para-hydroxylation sites is 1. The summed E-state index contributed by atoms with van der Waals surface area (Å²) in [4.78, 5) is 42.7. The molecule has 0 radical (unpaired) electrons. The Bertz CT molecular complexity index is 1460. The molecule has 3 aromatic carbocycles. The van der Waals surface area contributed by atoms with Crippen LogP contribution in [-0.2, 0) is 22.7 Å². The van der Waals surface area contributed by atoms with Gasteiger partial charge >= 0.3 is 0 Å². The van der Waals surface area contributed by atoms with E-state index in [1.165, 1.54) is 11.2 Å². The largest absolute Gasteiger partial charge is 0.484 e. The summed E-state index contributed by atoms with van der Waals surface area (Å²) < 4.78 is 11.3. The number of carbonyl (C=O) groups is 2. The van der Waals surface area contributed by atoms with E-state index in [4.69, 9.17) is 9.15 Å². The van der Waals surface area contributed by atoms with Crippen LogP contribution in [0.3, 0.4) is 0 Å². The predicted molar refractivity (Wildman–Crippen MR) is 147 cm³/mol. The van der Waals surface area contributed by atoms with E-state index in [9.17, 15) is 14.4 Å². The Morgan fingerprint density at radius 3 is 2.34 bits per heavy atom. The topological polar surface area (TPSA) is 80.1 Å². The molecule has 0 aliphatic carbocycles. The van der Waals surface area contributed by atoms with E-state index in [2.05, 4.69) is 6.58 Å². The molecule has 0 fully saturated rings. The molecule has 38 heavy (non-hydrogen) atoms. The lowest BCUT2D eigenvalue weighted by molar-refractivity contribution is -0.141. The summed E-state index contributed by atoms with van der Waals surface area (Å²) in [5.74, 6) is -0.0929. The average Bonchev–Trinajstić information content (AvgIpc) is 2.94. The van der Waals surface area contributed by atoms with Gasteiger partial charge in [-0.25, -0.2) is 0 Å². The van der Waals surface area contributed by atoms with Crippen LogP contribution in [0.2, 0.25) is 0 Å². The highest BCUT2D eigenvalue weighted by Gasteiger charge is 2.23. The number of fused-ring (bicyclic) bond motifs is 1. The predicted octanol–water partition coefficient (Wildman–Crippen LogP) is 4.72. The Morgan fingerprint density at radius 2 is 1.63 bits per heavy atom. The molecule has 1 heterocycles. The summed E-state index contributed by atoms with van der Waals surface area (Å²) in [5, 5.41) is 0.469. The number of hydrogen-bond donors (Lipinski definition) is 0. The van der Waals surface area contributed by atoms with Gasteiger partial charge in [0.1, 0.15) is 17.9 Å². The van der Waals surface area contributed by atoms with Crippen LogP contribution in [0, 0.1) is 6.92 Å². The van der Waals surface area contributed by atoms with Crippen LogP contribution in [0.4, 0.5) is 0 Å². The molecule has 0 aliphatic heterocycles. The minimum absolute atomic E-state index is 0.0383. The number of benzene rings is 3. The van der Waals surface area contributed by atoms with Crippen LogP contribution >= 0.6 is 0 Å². The third-order valence-corrected chi connectivity index (χ3v) is 6.06. The standard InChI is InChI=1S/C31H30N2O5/c1-3-16-32(30(35)22-37-26-12-8-5-9-13-26)20-29(34)33(18-24-10-6-4-7-11-24)19-25-21-38-28-15-14-23(2)17-27(28)31(25)36/h3-15,17,21H,1,16,18-20,22H2,2H3. The van der Waals surface area contributed by atoms with Crippen LogP contribution < -0.4 is 10.2 Å². The second kappa shape index (κ2) is 12.5. The van der Waals surface area contributed by atoms with Gasteiger partial charge in [0.05, 0.1) is 23.8 Å². The molecule has 0 atom stereocenters. The van der Waals surface area contributed by atoms with E-state index in [1.807, 2.05) is 61.5 Å². The number of hydrogen-bond acceptors (Lipinski definition) is 5. The van der Waals surface area contributed by atoms with Crippen molar-refractivity contribution in [3.05, 3.63) is 125 Å². The summed E-state index contributed by atoms with van der Waals surface area (Å²) in [6.45, 7) is 5.72. The molecule has 0 saturated heterocycles. The Hall–Kier alpha value is -4.65. The lowest BCUT2D eigenvalue weighted by Crippen LogP contribution is -2.44. The van der Waals surface area contributed by atoms with E-state index in [0.29, 0.717) is 22.3 Å². The highest BCUT2D eigenvalue weighted by molar-refractivity contribution is 5.86. The SMILES string of the molecule is C=CCN(CC(=O)N(Cc1ccccc1)Cc1coc2ccc(C)cc2c1=O)C(=O)COc1ccccc1. The molecule has 4 aromatic rings. The van der Waals surface area contributed by atoms with Crippen molar-refractivity contribution in [3.8, 4) is 5.75 Å². The van der Waals surface area contributed by atoms with E-state index in [0.717, 1.165) is 11.1 Å². The van der Waals surface area contributed by atoms with Gasteiger partial charge in [0, 0.05) is 13.1 Å². The van der Waals surface area contributed by atoms with Gasteiger partial charge < -0.3 is 19.0 Å². The maximum Gasteiger partial charge on any atom is 0.261 e. The fourth-order valence-electron chi connectivity index (χ4n) is 4.06. The van der Waals surface area contributed by atoms with Gasteiger partial charge in [-0.3, -0.25) is 14.4 Å². The van der Waals surface area contributed by atoms with Gasteiger partial charge in [-0.1, -0.05) is 66.2 Å². The Kier molecular flexibility index (Phi) is 8.72. The third kappa shape index (κ3) is 6.76. The quantitative estimate of drug-likeness (QED) is 0.273. The van der Waals surface area contributed by atoms with E-state index in [1.54, 1.807) is 35.2 Å². The number of rotatable bonds is 11. The second-order valence-corrected chi connectivity index (χ2v) is 8.99. The van der Waals surface area contributed by atoms with Gasteiger partial charge in [0.2, 0.25) is 5.91 Å². The van der Waals surface area contributed by atoms with Gasteiger partial charge in [-0.2, -0.15) is 0 Å². The fourth-order valence-corrected chi connectivity index (χ4v) is 4.06. The van der Waals surface area contributed by atoms with Crippen LogP contribution in [0.15, 0.2) is 107 Å². The van der Waals surface area contributed by atoms with Crippen LogP contribution in [0.5, 0.6) is 5.75 Å². The zero-order valence-corrected chi connectivity index (χ0v) is 21.3. The lowest BCUT2D eigenvalue weighted by atomic mass is 10.1. The molecule has 1 aromatic heterocycles. The summed E-state index contributed by atoms with van der Waals surface area (Å²) >= 11 is 0. The van der Waals surface area contributed by atoms with Crippen molar-refractivity contribution in [1.29, 1.82) is 0 Å². The molecule has 2 amide bonds. The van der Waals surface area contributed by atoms with Crippen molar-refractivity contribution >= 4 is 22.8 Å². The molecule has 4 rings (SSSR count). The van der Waals surface area contributed by atoms with E-state index >= 15 is 0 Å². The van der Waals surface area contributed by atoms with E-state index < -0.39 is 0 Å². The van der Waals surface area contributed by atoms with E-state index in [-0.39, 0.29) is 50.0 Å². The number of carbonyl (C=O) groups excluding carboxylic acids is 2. The molecule has 0 bridgehead atoms. The molecular formula is C31H30N2O5. The number of amides is 2. The highest BCUT2D eigenvalue weighted by atomic mass is 16.5. The van der Waals surface area contributed by atoms with Crippen molar-refractivity contribution in [2.75, 3.05) is 19.7 Å². The zero-order chi connectivity index (χ0) is 26.9. The van der Waals surface area contributed by atoms with Gasteiger partial charge in [-0.15, -0.1) is 6.58 Å². The zero-order valence-electron chi connectivity index (χ0n) is 21.3. The molecule has 0 spiro atoms. The summed E-state index contributed by atoms with van der Waals surface area (Å²) in [5.41, 5.74) is 2.51. The Balaban J connectivity index is 1.55. The summed E-state index contributed by atoms with van der Waals surface area (Å²) in [7, 11) is 0. The maximum atomic E-state index is 13.6. The van der Waals surface area contributed by atoms with Crippen LogP contribution in [-0.4, -0.2) is 41.3 Å². The average molecular weight is 511 g/mol. The first-order valence-electron chi connectivity index (χ1n) is 12.3. The molecule has 0 N–H and O–H groups in total. The van der Waals surface area contributed by atoms with Crippen molar-refractivity contribution in [3.63, 3.8) is 0 Å². The lowest BCUT2D eigenvalue weighted by Gasteiger charge is -2.27. The van der Waals surface area contributed by atoms with Crippen molar-refractivity contribution in [2.24, 2.45) is 0 Å². The Labute approximate surface area is 221 Å². The first-order valence-corrected chi connectivity index (χ1v) is 12.3. The van der Waals surface area contributed by atoms with Gasteiger partial charge in [0.15, 0.2) is 12.0 Å². The maximum absolute atomic E-state index is 13.6. The van der Waals surface area contributed by atoms with Gasteiger partial charge in [0.25, 0.3) is 5.91 Å². The minimum Gasteiger partial charge on any atom is -0.484 e. The van der Waals surface area contributed by atoms with Crippen molar-refractivity contribution in [1.82, 2.24) is 9.80 Å². The van der Waals surface area contributed by atoms with Gasteiger partial charge in [-0.05, 0) is 36.8 Å². The molecular weight excluding hydrogens is 480 g/mol. The molecule has 7 heteroatoms. The molecule has 0 aliphatic rings. The minimum atomic E-state index is -0.345. The molecule has 0 saturated carbocycles. The van der Waals surface area contributed by atoms with Crippen molar-refractivity contribution in [2.45, 2.75) is 20.0 Å². The monoisotopic (exact) mass is 510 g/mol. The highest BCUT2D eigenvalue weighted by Crippen LogP contribution is 2.16. The molecule has 7 nitrogen and oxygen atoms in total. The summed E-state index contributed by atoms with van der Waals surface area (Å²) in [6, 6.07) is 23.9. The summed E-state index contributed by atoms with van der Waals surface area (Å²) in [6.07, 6.45) is 2.97.